The van der Waals surface area contributed by atoms with E-state index in [9.17, 15) is 9.90 Å². The Morgan fingerprint density at radius 3 is 2.81 bits per heavy atom. The van der Waals surface area contributed by atoms with Crippen molar-refractivity contribution >= 4 is 5.97 Å². The second kappa shape index (κ2) is 4.77. The summed E-state index contributed by atoms with van der Waals surface area (Å²) in [4.78, 5) is 11.5. The summed E-state index contributed by atoms with van der Waals surface area (Å²) in [5.41, 5.74) is -1.13. The zero-order chi connectivity index (χ0) is 12.2. The topological polar surface area (TPSA) is 70.3 Å². The molecule has 0 aliphatic carbocycles. The van der Waals surface area contributed by atoms with E-state index < -0.39 is 11.6 Å². The third kappa shape index (κ3) is 2.20. The Kier molecular flexibility index (Phi) is 3.64. The largest absolute Gasteiger partial charge is 0.463 e. The van der Waals surface area contributed by atoms with Gasteiger partial charge in [0.1, 0.15) is 6.07 Å². The average molecular weight is 219 g/mol. The van der Waals surface area contributed by atoms with Crippen LogP contribution in [0.4, 0.5) is 0 Å². The number of ether oxygens (including phenoxy) is 1. The molecule has 1 rings (SSSR count). The van der Waals surface area contributed by atoms with Gasteiger partial charge in [-0.1, -0.05) is 29.8 Å². The van der Waals surface area contributed by atoms with E-state index in [1.165, 1.54) is 6.07 Å². The molecule has 0 heterocycles. The molecule has 0 spiro atoms. The number of nitriles is 1. The number of carbonyl (C=O) groups excluding carboxylic acids is 1. The number of aliphatic hydroxyl groups is 1. The van der Waals surface area contributed by atoms with E-state index in [-0.39, 0.29) is 12.2 Å². The van der Waals surface area contributed by atoms with Crippen LogP contribution in [0.5, 0.6) is 0 Å². The van der Waals surface area contributed by atoms with E-state index in [1.54, 1.807) is 25.1 Å². The molecule has 4 heteroatoms. The third-order valence-electron chi connectivity index (χ3n) is 2.17. The van der Waals surface area contributed by atoms with Crippen molar-refractivity contribution < 1.29 is 14.6 Å². The van der Waals surface area contributed by atoms with Crippen molar-refractivity contribution in [2.45, 2.75) is 19.4 Å². The molecule has 0 unspecified atom stereocenters. The van der Waals surface area contributed by atoms with Crippen molar-refractivity contribution in [1.29, 1.82) is 5.26 Å². The Morgan fingerprint density at radius 1 is 1.62 bits per heavy atom. The normalized spacial score (nSPS) is 13.6. The number of aryl methyl sites for hydroxylation is 1. The average Bonchev–Trinajstić information content (AvgIpc) is 2.28. The number of hydrogen-bond donors (Lipinski definition) is 1. The van der Waals surface area contributed by atoms with Crippen LogP contribution < -0.4 is 0 Å². The van der Waals surface area contributed by atoms with Gasteiger partial charge in [-0.05, 0) is 13.8 Å². The fraction of sp³-hybridized carbons (Fsp3) is 0.333. The van der Waals surface area contributed by atoms with Gasteiger partial charge in [0.25, 0.3) is 5.60 Å². The van der Waals surface area contributed by atoms with Gasteiger partial charge in [-0.3, -0.25) is 0 Å². The third-order valence-corrected chi connectivity index (χ3v) is 2.17. The van der Waals surface area contributed by atoms with Crippen molar-refractivity contribution in [3.8, 4) is 6.07 Å². The van der Waals surface area contributed by atoms with E-state index in [0.29, 0.717) is 0 Å². The fourth-order valence-corrected chi connectivity index (χ4v) is 1.33. The quantitative estimate of drug-likeness (QED) is 0.614. The van der Waals surface area contributed by atoms with Crippen LogP contribution in [0, 0.1) is 18.3 Å². The predicted octanol–water partition coefficient (Wildman–Crippen LogP) is 1.27. The Balaban J connectivity index is 3.16. The number of carbonyl (C=O) groups is 1. The summed E-state index contributed by atoms with van der Waals surface area (Å²) in [5, 5.41) is 18.9. The number of rotatable bonds is 3. The molecule has 1 aromatic rings. The fourth-order valence-electron chi connectivity index (χ4n) is 1.33. The zero-order valence-corrected chi connectivity index (χ0v) is 9.23. The lowest BCUT2D eigenvalue weighted by Gasteiger charge is -2.18. The van der Waals surface area contributed by atoms with Crippen LogP contribution in [-0.4, -0.2) is 17.7 Å². The molecular formula is C12H13NO3. The highest BCUT2D eigenvalue weighted by molar-refractivity contribution is 5.84. The molecule has 0 aromatic heterocycles. The SMILES string of the molecule is CCOC(=O)[C@](O)(C#N)c1cccc(C)c1. The van der Waals surface area contributed by atoms with Crippen LogP contribution in [0.1, 0.15) is 18.1 Å². The monoisotopic (exact) mass is 219 g/mol. The number of nitrogens with zero attached hydrogens (tertiary/aromatic N) is 1. The molecule has 1 aromatic carbocycles. The summed E-state index contributed by atoms with van der Waals surface area (Å²) in [6, 6.07) is 8.18. The first-order valence-electron chi connectivity index (χ1n) is 4.92. The van der Waals surface area contributed by atoms with Crippen LogP contribution in [0.15, 0.2) is 24.3 Å². The zero-order valence-electron chi connectivity index (χ0n) is 9.23. The molecule has 0 bridgehead atoms. The highest BCUT2D eigenvalue weighted by Crippen LogP contribution is 2.22. The van der Waals surface area contributed by atoms with Gasteiger partial charge in [0.15, 0.2) is 0 Å². The first kappa shape index (κ1) is 12.2. The van der Waals surface area contributed by atoms with E-state index in [1.807, 2.05) is 13.0 Å². The van der Waals surface area contributed by atoms with E-state index in [0.717, 1.165) is 5.56 Å². The standard InChI is InChI=1S/C12H13NO3/c1-3-16-11(14)12(15,8-13)10-6-4-5-9(2)7-10/h4-7,15H,3H2,1-2H3/t12-/m0/s1. The molecule has 0 radical (unpaired) electrons. The summed E-state index contributed by atoms with van der Waals surface area (Å²) >= 11 is 0. The maximum atomic E-state index is 11.5. The molecule has 0 fully saturated rings. The van der Waals surface area contributed by atoms with Crippen molar-refractivity contribution in [3.05, 3.63) is 35.4 Å². The minimum Gasteiger partial charge on any atom is -0.463 e. The highest BCUT2D eigenvalue weighted by Gasteiger charge is 2.40. The summed E-state index contributed by atoms with van der Waals surface area (Å²) in [7, 11) is 0. The van der Waals surface area contributed by atoms with E-state index in [4.69, 9.17) is 5.26 Å². The Labute approximate surface area is 94.1 Å². The number of esters is 1. The molecule has 0 aliphatic heterocycles. The number of hydrogen-bond acceptors (Lipinski definition) is 4. The smallest absolute Gasteiger partial charge is 0.358 e. The lowest BCUT2D eigenvalue weighted by Crippen LogP contribution is -2.35. The molecule has 16 heavy (non-hydrogen) atoms. The van der Waals surface area contributed by atoms with Gasteiger partial charge >= 0.3 is 5.97 Å². The van der Waals surface area contributed by atoms with Gasteiger partial charge in [0, 0.05) is 5.56 Å². The van der Waals surface area contributed by atoms with Gasteiger partial charge in [-0.25, -0.2) is 4.79 Å². The van der Waals surface area contributed by atoms with Crippen LogP contribution >= 0.6 is 0 Å². The summed E-state index contributed by atoms with van der Waals surface area (Å²) in [5.74, 6) is -0.942. The Morgan fingerprint density at radius 2 is 2.31 bits per heavy atom. The van der Waals surface area contributed by atoms with Crippen LogP contribution in [0.2, 0.25) is 0 Å². The molecule has 0 saturated carbocycles. The minimum absolute atomic E-state index is 0.120. The lowest BCUT2D eigenvalue weighted by molar-refractivity contribution is -0.160. The minimum atomic E-state index is -2.22. The van der Waals surface area contributed by atoms with Crippen molar-refractivity contribution in [2.75, 3.05) is 6.61 Å². The van der Waals surface area contributed by atoms with Gasteiger partial charge in [-0.15, -0.1) is 0 Å². The molecule has 1 atom stereocenters. The molecule has 0 saturated heterocycles. The van der Waals surface area contributed by atoms with E-state index >= 15 is 0 Å². The summed E-state index contributed by atoms with van der Waals surface area (Å²) in [6.45, 7) is 3.55. The molecular weight excluding hydrogens is 206 g/mol. The van der Waals surface area contributed by atoms with Gasteiger partial charge in [0.05, 0.1) is 6.61 Å². The molecule has 4 nitrogen and oxygen atoms in total. The van der Waals surface area contributed by atoms with Crippen molar-refractivity contribution in [3.63, 3.8) is 0 Å². The van der Waals surface area contributed by atoms with Crippen LogP contribution in [0.25, 0.3) is 0 Å². The van der Waals surface area contributed by atoms with Gasteiger partial charge in [0.2, 0.25) is 0 Å². The lowest BCUT2D eigenvalue weighted by atomic mass is 9.94. The predicted molar refractivity (Wildman–Crippen MR) is 57.3 cm³/mol. The summed E-state index contributed by atoms with van der Waals surface area (Å²) in [6.07, 6.45) is 0. The van der Waals surface area contributed by atoms with Gasteiger partial charge in [-0.2, -0.15) is 5.26 Å². The second-order valence-electron chi connectivity index (χ2n) is 3.41. The molecule has 84 valence electrons. The first-order valence-corrected chi connectivity index (χ1v) is 4.92. The van der Waals surface area contributed by atoms with Crippen molar-refractivity contribution in [1.82, 2.24) is 0 Å². The van der Waals surface area contributed by atoms with Crippen molar-refractivity contribution in [2.24, 2.45) is 0 Å². The molecule has 0 amide bonds. The highest BCUT2D eigenvalue weighted by atomic mass is 16.5. The Hall–Kier alpha value is -1.86. The molecule has 1 N–H and O–H groups in total. The second-order valence-corrected chi connectivity index (χ2v) is 3.41. The maximum Gasteiger partial charge on any atom is 0.358 e. The summed E-state index contributed by atoms with van der Waals surface area (Å²) < 4.78 is 4.68. The van der Waals surface area contributed by atoms with Crippen LogP contribution in [-0.2, 0) is 15.1 Å². The maximum absolute atomic E-state index is 11.5. The van der Waals surface area contributed by atoms with Crippen LogP contribution in [0.3, 0.4) is 0 Å². The Bertz CT molecular complexity index is 436. The van der Waals surface area contributed by atoms with E-state index in [2.05, 4.69) is 4.74 Å². The van der Waals surface area contributed by atoms with Gasteiger partial charge < -0.3 is 9.84 Å². The number of benzene rings is 1. The first-order chi connectivity index (χ1) is 7.54. The molecule has 0 aliphatic rings.